The standard InChI is InChI=1S/C23H26F3N5O3/c1-14(31-9-8-23(25,26)18(13-31)15-2-6-20(32)28-10-15)22(33)30-19-5-4-17(12-27-19)34-21-7-3-16(24)11-29-21/h3-5,7,11-12,14-15,18H,2,6,8-10,13H2,1H3,(H,28,32)(H,27,30,33)/t14?,15?,18-/m1/s1. The van der Waals surface area contributed by atoms with Crippen LogP contribution in [0.1, 0.15) is 26.2 Å². The molecule has 2 aromatic heterocycles. The summed E-state index contributed by atoms with van der Waals surface area (Å²) in [7, 11) is 0. The number of carbonyl (C=O) groups excluding carboxylic acids is 2. The predicted octanol–water partition coefficient (Wildman–Crippen LogP) is 3.22. The minimum absolute atomic E-state index is 0.0764. The van der Waals surface area contributed by atoms with E-state index in [1.54, 1.807) is 24.0 Å². The number of ether oxygens (including phenoxy) is 1. The number of hydrogen-bond donors (Lipinski definition) is 2. The van der Waals surface area contributed by atoms with Gasteiger partial charge >= 0.3 is 0 Å². The number of nitrogens with zero attached hydrogens (tertiary/aromatic N) is 3. The van der Waals surface area contributed by atoms with E-state index in [1.807, 2.05) is 0 Å². The molecule has 2 aliphatic heterocycles. The van der Waals surface area contributed by atoms with Gasteiger partial charge in [0.05, 0.1) is 18.4 Å². The minimum atomic E-state index is -2.84. The maximum absolute atomic E-state index is 14.7. The van der Waals surface area contributed by atoms with E-state index in [2.05, 4.69) is 20.6 Å². The topological polar surface area (TPSA) is 96.4 Å². The normalized spacial score (nSPS) is 23.6. The summed E-state index contributed by atoms with van der Waals surface area (Å²) in [4.78, 5) is 33.9. The average molecular weight is 477 g/mol. The molecule has 2 fully saturated rings. The first kappa shape index (κ1) is 23.9. The van der Waals surface area contributed by atoms with Crippen molar-refractivity contribution in [2.45, 2.75) is 38.2 Å². The van der Waals surface area contributed by atoms with Crippen molar-refractivity contribution in [3.8, 4) is 11.6 Å². The second-order valence-electron chi connectivity index (χ2n) is 8.68. The van der Waals surface area contributed by atoms with Crippen molar-refractivity contribution in [1.29, 1.82) is 0 Å². The van der Waals surface area contributed by atoms with E-state index in [9.17, 15) is 22.8 Å². The van der Waals surface area contributed by atoms with Gasteiger partial charge in [0.15, 0.2) is 0 Å². The number of carbonyl (C=O) groups is 2. The Morgan fingerprint density at radius 3 is 2.74 bits per heavy atom. The number of aromatic nitrogens is 2. The summed E-state index contributed by atoms with van der Waals surface area (Å²) in [6.07, 6.45) is 2.76. The Kier molecular flexibility index (Phi) is 7.01. The van der Waals surface area contributed by atoms with Crippen LogP contribution in [-0.4, -0.2) is 58.3 Å². The lowest BCUT2D eigenvalue weighted by atomic mass is 9.78. The number of alkyl halides is 2. The van der Waals surface area contributed by atoms with E-state index in [0.717, 1.165) is 6.20 Å². The van der Waals surface area contributed by atoms with Crippen LogP contribution in [0.2, 0.25) is 0 Å². The zero-order valence-corrected chi connectivity index (χ0v) is 18.6. The number of halogens is 3. The molecule has 2 amide bonds. The van der Waals surface area contributed by atoms with Crippen LogP contribution in [0.5, 0.6) is 11.6 Å². The molecule has 0 saturated carbocycles. The van der Waals surface area contributed by atoms with Gasteiger partial charge in [0.25, 0.3) is 5.92 Å². The molecule has 11 heteroatoms. The van der Waals surface area contributed by atoms with Gasteiger partial charge < -0.3 is 15.4 Å². The molecule has 0 spiro atoms. The molecule has 2 unspecified atom stereocenters. The zero-order chi connectivity index (χ0) is 24.3. The molecule has 182 valence electrons. The summed E-state index contributed by atoms with van der Waals surface area (Å²) in [5.41, 5.74) is 0. The van der Waals surface area contributed by atoms with Gasteiger partial charge in [-0.15, -0.1) is 0 Å². The van der Waals surface area contributed by atoms with Gasteiger partial charge in [-0.25, -0.2) is 23.1 Å². The quantitative estimate of drug-likeness (QED) is 0.663. The van der Waals surface area contributed by atoms with Crippen molar-refractivity contribution >= 4 is 17.6 Å². The summed E-state index contributed by atoms with van der Waals surface area (Å²) in [6.45, 7) is 2.09. The fraction of sp³-hybridized carbons (Fsp3) is 0.478. The van der Waals surface area contributed by atoms with Crippen molar-refractivity contribution in [1.82, 2.24) is 20.2 Å². The monoisotopic (exact) mass is 477 g/mol. The highest BCUT2D eigenvalue weighted by atomic mass is 19.3. The van der Waals surface area contributed by atoms with Gasteiger partial charge in [0.1, 0.15) is 17.4 Å². The number of pyridine rings is 2. The molecule has 4 rings (SSSR count). The smallest absolute Gasteiger partial charge is 0.253 e. The number of nitrogens with one attached hydrogen (secondary N) is 2. The highest BCUT2D eigenvalue weighted by Gasteiger charge is 2.49. The van der Waals surface area contributed by atoms with Gasteiger partial charge in [-0.3, -0.25) is 14.5 Å². The second-order valence-corrected chi connectivity index (χ2v) is 8.68. The van der Waals surface area contributed by atoms with Gasteiger partial charge in [0, 0.05) is 44.5 Å². The van der Waals surface area contributed by atoms with E-state index in [-0.39, 0.29) is 61.9 Å². The third-order valence-corrected chi connectivity index (χ3v) is 6.42. The molecule has 0 aromatic carbocycles. The molecule has 2 saturated heterocycles. The van der Waals surface area contributed by atoms with Crippen LogP contribution in [0.4, 0.5) is 19.0 Å². The molecule has 8 nitrogen and oxygen atoms in total. The summed E-state index contributed by atoms with van der Waals surface area (Å²) in [5, 5.41) is 5.38. The van der Waals surface area contributed by atoms with Crippen LogP contribution in [0, 0.1) is 17.7 Å². The van der Waals surface area contributed by atoms with E-state index in [4.69, 9.17) is 4.74 Å². The SMILES string of the molecule is CC(C(=O)Nc1ccc(Oc2ccc(F)cn2)cn1)N1CCC(F)(F)[C@@H](C2CCC(=O)NC2)C1. The van der Waals surface area contributed by atoms with E-state index in [0.29, 0.717) is 12.2 Å². The van der Waals surface area contributed by atoms with Gasteiger partial charge in [-0.2, -0.15) is 0 Å². The number of hydrogen-bond acceptors (Lipinski definition) is 6. The van der Waals surface area contributed by atoms with Crippen LogP contribution >= 0.6 is 0 Å². The van der Waals surface area contributed by atoms with Crippen LogP contribution in [0.25, 0.3) is 0 Å². The molecular weight excluding hydrogens is 451 g/mol. The second kappa shape index (κ2) is 9.96. The Hall–Kier alpha value is -3.21. The number of rotatable bonds is 6. The van der Waals surface area contributed by atoms with E-state index in [1.165, 1.54) is 18.3 Å². The number of likely N-dealkylation sites (tertiary alicyclic amines) is 1. The molecule has 4 heterocycles. The average Bonchev–Trinajstić information content (AvgIpc) is 2.82. The lowest BCUT2D eigenvalue weighted by molar-refractivity contribution is -0.145. The molecule has 2 aliphatic rings. The predicted molar refractivity (Wildman–Crippen MR) is 117 cm³/mol. The van der Waals surface area contributed by atoms with Crippen molar-refractivity contribution in [2.75, 3.05) is 25.0 Å². The van der Waals surface area contributed by atoms with Crippen molar-refractivity contribution in [3.63, 3.8) is 0 Å². The molecule has 3 atom stereocenters. The van der Waals surface area contributed by atoms with Crippen molar-refractivity contribution in [3.05, 3.63) is 42.5 Å². The third-order valence-electron chi connectivity index (χ3n) is 6.42. The summed E-state index contributed by atoms with van der Waals surface area (Å²) >= 11 is 0. The number of amides is 2. The fourth-order valence-corrected chi connectivity index (χ4v) is 4.35. The maximum atomic E-state index is 14.7. The first-order valence-electron chi connectivity index (χ1n) is 11.2. The molecule has 34 heavy (non-hydrogen) atoms. The molecule has 0 bridgehead atoms. The lowest BCUT2D eigenvalue weighted by Crippen LogP contribution is -2.56. The Balaban J connectivity index is 1.34. The largest absolute Gasteiger partial charge is 0.437 e. The lowest BCUT2D eigenvalue weighted by Gasteiger charge is -2.44. The highest BCUT2D eigenvalue weighted by molar-refractivity contribution is 5.93. The molecule has 2 N–H and O–H groups in total. The first-order valence-corrected chi connectivity index (χ1v) is 11.2. The Labute approximate surface area is 194 Å². The highest BCUT2D eigenvalue weighted by Crippen LogP contribution is 2.40. The molecule has 0 radical (unpaired) electrons. The third kappa shape index (κ3) is 5.64. The van der Waals surface area contributed by atoms with E-state index >= 15 is 0 Å². The molecular formula is C23H26F3N5O3. The summed E-state index contributed by atoms with van der Waals surface area (Å²) < 4.78 is 47.7. The van der Waals surface area contributed by atoms with Gasteiger partial charge in [-0.1, -0.05) is 0 Å². The first-order chi connectivity index (χ1) is 16.2. The Morgan fingerprint density at radius 1 is 1.26 bits per heavy atom. The van der Waals surface area contributed by atoms with Gasteiger partial charge in [0.2, 0.25) is 17.7 Å². The summed E-state index contributed by atoms with van der Waals surface area (Å²) in [6, 6.07) is 5.08. The molecule has 0 aliphatic carbocycles. The summed E-state index contributed by atoms with van der Waals surface area (Å²) in [5.74, 6) is -4.20. The van der Waals surface area contributed by atoms with Crippen molar-refractivity contribution in [2.24, 2.45) is 11.8 Å². The number of piperidine rings is 2. The maximum Gasteiger partial charge on any atom is 0.253 e. The Bertz CT molecular complexity index is 1010. The van der Waals surface area contributed by atoms with Crippen LogP contribution < -0.4 is 15.4 Å². The van der Waals surface area contributed by atoms with Crippen LogP contribution in [-0.2, 0) is 9.59 Å². The zero-order valence-electron chi connectivity index (χ0n) is 18.6. The fourth-order valence-electron chi connectivity index (χ4n) is 4.35. The van der Waals surface area contributed by atoms with Crippen LogP contribution in [0.15, 0.2) is 36.7 Å². The molecule has 2 aromatic rings. The minimum Gasteiger partial charge on any atom is -0.437 e. The van der Waals surface area contributed by atoms with Crippen LogP contribution in [0.3, 0.4) is 0 Å². The van der Waals surface area contributed by atoms with E-state index < -0.39 is 23.7 Å². The van der Waals surface area contributed by atoms with Gasteiger partial charge in [-0.05, 0) is 37.5 Å². The van der Waals surface area contributed by atoms with Crippen molar-refractivity contribution < 1.29 is 27.5 Å². The Morgan fingerprint density at radius 2 is 2.09 bits per heavy atom. The number of anilines is 1.